The quantitative estimate of drug-likeness (QED) is 0.546. The van der Waals surface area contributed by atoms with Gasteiger partial charge < -0.3 is 9.47 Å². The summed E-state index contributed by atoms with van der Waals surface area (Å²) >= 11 is 0. The van der Waals surface area contributed by atoms with Gasteiger partial charge in [0.25, 0.3) is 11.5 Å². The Labute approximate surface area is 161 Å². The summed E-state index contributed by atoms with van der Waals surface area (Å²) in [4.78, 5) is 21.1. The van der Waals surface area contributed by atoms with Gasteiger partial charge in [-0.2, -0.15) is 9.78 Å². The fraction of sp³-hybridized carbons (Fsp3) is 0.143. The smallest absolute Gasteiger partial charge is 0.282 e. The summed E-state index contributed by atoms with van der Waals surface area (Å²) < 4.78 is 11.6. The highest BCUT2D eigenvalue weighted by molar-refractivity contribution is 5.87. The summed E-state index contributed by atoms with van der Waals surface area (Å²) in [6, 6.07) is 11.6. The zero-order valence-electron chi connectivity index (χ0n) is 15.7. The van der Waals surface area contributed by atoms with Gasteiger partial charge in [-0.25, -0.2) is 9.97 Å². The zero-order valence-corrected chi connectivity index (χ0v) is 15.7. The van der Waals surface area contributed by atoms with Crippen molar-refractivity contribution in [3.05, 3.63) is 70.9 Å². The lowest BCUT2D eigenvalue weighted by Gasteiger charge is -2.11. The average Bonchev–Trinajstić information content (AvgIpc) is 2.74. The van der Waals surface area contributed by atoms with E-state index in [0.29, 0.717) is 11.1 Å². The summed E-state index contributed by atoms with van der Waals surface area (Å²) in [7, 11) is 3.18. The van der Waals surface area contributed by atoms with Crippen LogP contribution in [0.1, 0.15) is 5.56 Å². The number of hydrogen-bond donors (Lipinski definition) is 0. The first-order chi connectivity index (χ1) is 13.6. The second-order valence-corrected chi connectivity index (χ2v) is 6.22. The molecular weight excluding hydrogens is 356 g/mol. The van der Waals surface area contributed by atoms with Crippen molar-refractivity contribution in [1.29, 1.82) is 0 Å². The molecule has 0 atom stereocenters. The normalized spacial score (nSPS) is 10.8. The molecule has 7 heteroatoms. The lowest BCUT2D eigenvalue weighted by atomic mass is 9.98. The minimum Gasteiger partial charge on any atom is -0.496 e. The van der Waals surface area contributed by atoms with Gasteiger partial charge in [0.1, 0.15) is 5.75 Å². The van der Waals surface area contributed by atoms with Crippen LogP contribution >= 0.6 is 0 Å². The number of benzene rings is 2. The molecule has 7 nitrogen and oxygen atoms in total. The van der Waals surface area contributed by atoms with Crippen LogP contribution in [-0.2, 0) is 0 Å². The number of rotatable bonds is 4. The summed E-state index contributed by atoms with van der Waals surface area (Å²) in [6.07, 6.45) is 4.63. The van der Waals surface area contributed by atoms with Crippen molar-refractivity contribution in [1.82, 2.24) is 19.7 Å². The largest absolute Gasteiger partial charge is 0.496 e. The number of hydrogen-bond acceptors (Lipinski definition) is 6. The molecule has 4 rings (SSSR count). The van der Waals surface area contributed by atoms with E-state index in [1.807, 2.05) is 37.3 Å². The molecule has 0 amide bonds. The van der Waals surface area contributed by atoms with Gasteiger partial charge in [-0.15, -0.1) is 0 Å². The number of ether oxygens (including phenoxy) is 2. The lowest BCUT2D eigenvalue weighted by molar-refractivity contribution is 0.410. The van der Waals surface area contributed by atoms with E-state index in [1.165, 1.54) is 24.2 Å². The van der Waals surface area contributed by atoms with E-state index >= 15 is 0 Å². The van der Waals surface area contributed by atoms with Crippen LogP contribution in [0.2, 0.25) is 0 Å². The fourth-order valence-corrected chi connectivity index (χ4v) is 3.13. The minimum atomic E-state index is -0.281. The van der Waals surface area contributed by atoms with Gasteiger partial charge in [0.05, 0.1) is 38.2 Å². The van der Waals surface area contributed by atoms with Crippen LogP contribution in [0.4, 0.5) is 0 Å². The summed E-state index contributed by atoms with van der Waals surface area (Å²) in [6.45, 7) is 2.01. The highest BCUT2D eigenvalue weighted by Crippen LogP contribution is 2.31. The number of fused-ring (bicyclic) bond motifs is 1. The summed E-state index contributed by atoms with van der Waals surface area (Å²) in [5.74, 6) is 1.53. The Bertz CT molecular complexity index is 1220. The van der Waals surface area contributed by atoms with Crippen molar-refractivity contribution < 1.29 is 9.47 Å². The molecule has 0 saturated heterocycles. The number of nitrogens with zero attached hydrogens (tertiary/aromatic N) is 4. The molecule has 2 aromatic carbocycles. The standard InChI is InChI=1S/C21H18N4O3/c1-13-17(5-4-6-19(13)28-3)14-7-8-18-15(9-14)10-24-25(20(18)26)21-22-11-16(27-2)12-23-21/h4-12H,1-3H3. The Kier molecular flexibility index (Phi) is 4.49. The van der Waals surface area contributed by atoms with E-state index < -0.39 is 0 Å². The van der Waals surface area contributed by atoms with Crippen molar-refractivity contribution in [3.63, 3.8) is 0 Å². The predicted molar refractivity (Wildman–Crippen MR) is 106 cm³/mol. The van der Waals surface area contributed by atoms with E-state index in [2.05, 4.69) is 15.1 Å². The molecule has 4 aromatic rings. The molecule has 0 aliphatic heterocycles. The van der Waals surface area contributed by atoms with Gasteiger partial charge in [0.2, 0.25) is 0 Å². The van der Waals surface area contributed by atoms with Crippen LogP contribution in [0.15, 0.2) is 59.8 Å². The Morgan fingerprint density at radius 1 is 0.964 bits per heavy atom. The van der Waals surface area contributed by atoms with Gasteiger partial charge in [0.15, 0.2) is 5.75 Å². The van der Waals surface area contributed by atoms with Gasteiger partial charge >= 0.3 is 0 Å². The molecule has 0 aliphatic carbocycles. The van der Waals surface area contributed by atoms with Crippen LogP contribution in [-0.4, -0.2) is 34.0 Å². The Hall–Kier alpha value is -3.74. The van der Waals surface area contributed by atoms with Crippen molar-refractivity contribution >= 4 is 10.8 Å². The molecule has 2 heterocycles. The molecule has 0 fully saturated rings. The number of methoxy groups -OCH3 is 2. The molecule has 0 saturated carbocycles. The Morgan fingerprint density at radius 3 is 2.46 bits per heavy atom. The maximum absolute atomic E-state index is 12.9. The van der Waals surface area contributed by atoms with Gasteiger partial charge in [0, 0.05) is 5.39 Å². The van der Waals surface area contributed by atoms with Gasteiger partial charge in [-0.3, -0.25) is 4.79 Å². The van der Waals surface area contributed by atoms with Gasteiger partial charge in [-0.1, -0.05) is 18.2 Å². The van der Waals surface area contributed by atoms with E-state index in [9.17, 15) is 4.79 Å². The molecule has 0 N–H and O–H groups in total. The second-order valence-electron chi connectivity index (χ2n) is 6.22. The second kappa shape index (κ2) is 7.11. The van der Waals surface area contributed by atoms with E-state index in [-0.39, 0.29) is 11.5 Å². The van der Waals surface area contributed by atoms with Crippen LogP contribution in [0.5, 0.6) is 11.5 Å². The highest BCUT2D eigenvalue weighted by Gasteiger charge is 2.11. The molecule has 0 bridgehead atoms. The minimum absolute atomic E-state index is 0.195. The molecule has 140 valence electrons. The predicted octanol–water partition coefficient (Wildman–Crippen LogP) is 3.17. The molecule has 0 unspecified atom stereocenters. The monoisotopic (exact) mass is 374 g/mol. The van der Waals surface area contributed by atoms with Crippen LogP contribution in [0.25, 0.3) is 27.8 Å². The third-order valence-corrected chi connectivity index (χ3v) is 4.64. The zero-order chi connectivity index (χ0) is 19.7. The summed E-state index contributed by atoms with van der Waals surface area (Å²) in [5, 5.41) is 5.52. The average molecular weight is 374 g/mol. The molecule has 2 aromatic heterocycles. The highest BCUT2D eigenvalue weighted by atomic mass is 16.5. The molecule has 0 spiro atoms. The maximum atomic E-state index is 12.9. The topological polar surface area (TPSA) is 79.1 Å². The van der Waals surface area contributed by atoms with Crippen molar-refractivity contribution in [2.24, 2.45) is 0 Å². The summed E-state index contributed by atoms with van der Waals surface area (Å²) in [5.41, 5.74) is 2.79. The third-order valence-electron chi connectivity index (χ3n) is 4.64. The first-order valence-corrected chi connectivity index (χ1v) is 8.65. The SMILES string of the molecule is COc1cnc(-n2ncc3cc(-c4cccc(OC)c4C)ccc3c2=O)nc1. The van der Waals surface area contributed by atoms with Crippen molar-refractivity contribution in [3.8, 4) is 28.6 Å². The first-order valence-electron chi connectivity index (χ1n) is 8.65. The Morgan fingerprint density at radius 2 is 1.75 bits per heavy atom. The number of aromatic nitrogens is 4. The van der Waals surface area contributed by atoms with Crippen molar-refractivity contribution in [2.75, 3.05) is 14.2 Å². The Balaban J connectivity index is 1.81. The fourth-order valence-electron chi connectivity index (χ4n) is 3.13. The first kappa shape index (κ1) is 17.7. The molecule has 0 aliphatic rings. The van der Waals surface area contributed by atoms with E-state index in [0.717, 1.165) is 27.8 Å². The van der Waals surface area contributed by atoms with E-state index in [4.69, 9.17) is 9.47 Å². The van der Waals surface area contributed by atoms with Crippen LogP contribution in [0, 0.1) is 6.92 Å². The van der Waals surface area contributed by atoms with E-state index in [1.54, 1.807) is 19.4 Å². The third kappa shape index (κ3) is 2.96. The molecule has 28 heavy (non-hydrogen) atoms. The molecular formula is C21H18N4O3. The van der Waals surface area contributed by atoms with Gasteiger partial charge in [-0.05, 0) is 41.8 Å². The molecule has 0 radical (unpaired) electrons. The lowest BCUT2D eigenvalue weighted by Crippen LogP contribution is -2.22. The van der Waals surface area contributed by atoms with Crippen LogP contribution in [0.3, 0.4) is 0 Å². The maximum Gasteiger partial charge on any atom is 0.282 e. The van der Waals surface area contributed by atoms with Crippen LogP contribution < -0.4 is 15.0 Å². The van der Waals surface area contributed by atoms with Crippen molar-refractivity contribution in [2.45, 2.75) is 6.92 Å².